The van der Waals surface area contributed by atoms with Gasteiger partial charge in [0.15, 0.2) is 0 Å². The number of rotatable bonds is 4. The Labute approximate surface area is 150 Å². The number of esters is 1. The minimum atomic E-state index is -0.329. The highest BCUT2D eigenvalue weighted by molar-refractivity contribution is 9.10. The first-order valence-electron chi connectivity index (χ1n) is 7.99. The molecule has 0 saturated carbocycles. The van der Waals surface area contributed by atoms with Gasteiger partial charge in [0.1, 0.15) is 0 Å². The summed E-state index contributed by atoms with van der Waals surface area (Å²) in [6.45, 7) is 2.16. The van der Waals surface area contributed by atoms with Crippen LogP contribution in [0.15, 0.2) is 59.1 Å². The number of halogens is 1. The Bertz CT molecular complexity index is 882. The molecule has 0 radical (unpaired) electrons. The van der Waals surface area contributed by atoms with Crippen LogP contribution in [-0.4, -0.2) is 13.1 Å². The van der Waals surface area contributed by atoms with E-state index in [0.717, 1.165) is 28.1 Å². The number of hydrogen-bond donors (Lipinski definition) is 0. The molecule has 0 heterocycles. The maximum absolute atomic E-state index is 11.9. The maximum atomic E-state index is 11.9. The first kappa shape index (κ1) is 16.7. The van der Waals surface area contributed by atoms with Crippen molar-refractivity contribution >= 4 is 32.7 Å². The van der Waals surface area contributed by atoms with Gasteiger partial charge in [-0.3, -0.25) is 0 Å². The van der Waals surface area contributed by atoms with Crippen molar-refractivity contribution in [2.75, 3.05) is 7.11 Å². The van der Waals surface area contributed by atoms with Gasteiger partial charge in [-0.15, -0.1) is 0 Å². The highest BCUT2D eigenvalue weighted by Gasteiger charge is 2.13. The molecular weight excluding hydrogens is 364 g/mol. The summed E-state index contributed by atoms with van der Waals surface area (Å²) in [5.41, 5.74) is 4.43. The molecule has 3 aromatic carbocycles. The summed E-state index contributed by atoms with van der Waals surface area (Å²) in [6, 6.07) is 18.8. The molecule has 0 spiro atoms. The summed E-state index contributed by atoms with van der Waals surface area (Å²) in [7, 11) is 1.40. The topological polar surface area (TPSA) is 26.3 Å². The number of carbonyl (C=O) groups is 1. The van der Waals surface area contributed by atoms with E-state index in [0.29, 0.717) is 5.56 Å². The minimum absolute atomic E-state index is 0.329. The average molecular weight is 383 g/mol. The second-order valence-corrected chi connectivity index (χ2v) is 6.66. The van der Waals surface area contributed by atoms with Crippen LogP contribution in [0.2, 0.25) is 0 Å². The van der Waals surface area contributed by atoms with Crippen LogP contribution in [0.3, 0.4) is 0 Å². The molecule has 0 N–H and O–H groups in total. The molecule has 0 unspecified atom stereocenters. The summed E-state index contributed by atoms with van der Waals surface area (Å²) in [5, 5.41) is 2.19. The van der Waals surface area contributed by atoms with Gasteiger partial charge >= 0.3 is 5.97 Å². The van der Waals surface area contributed by atoms with E-state index in [9.17, 15) is 4.79 Å². The number of carbonyl (C=O) groups excluding carboxylic acids is 1. The summed E-state index contributed by atoms with van der Waals surface area (Å²) in [5.74, 6) is -0.329. The Morgan fingerprint density at radius 2 is 1.75 bits per heavy atom. The van der Waals surface area contributed by atoms with Crippen molar-refractivity contribution in [1.29, 1.82) is 0 Å². The molecule has 24 heavy (non-hydrogen) atoms. The molecule has 0 saturated heterocycles. The zero-order chi connectivity index (χ0) is 17.1. The summed E-state index contributed by atoms with van der Waals surface area (Å²) in [6.07, 6.45) is 1.92. The van der Waals surface area contributed by atoms with Crippen molar-refractivity contribution in [3.05, 3.63) is 81.3 Å². The van der Waals surface area contributed by atoms with Crippen molar-refractivity contribution < 1.29 is 9.53 Å². The quantitative estimate of drug-likeness (QED) is 0.553. The molecule has 0 bridgehead atoms. The predicted molar refractivity (Wildman–Crippen MR) is 102 cm³/mol. The van der Waals surface area contributed by atoms with E-state index in [1.54, 1.807) is 0 Å². The monoisotopic (exact) mass is 382 g/mol. The van der Waals surface area contributed by atoms with Gasteiger partial charge in [0.2, 0.25) is 0 Å². The fraction of sp³-hybridized carbons (Fsp3) is 0.190. The summed E-state index contributed by atoms with van der Waals surface area (Å²) in [4.78, 5) is 11.9. The predicted octanol–water partition coefficient (Wildman–Crippen LogP) is 5.54. The van der Waals surface area contributed by atoms with Gasteiger partial charge in [-0.05, 0) is 68.4 Å². The van der Waals surface area contributed by atoms with Gasteiger partial charge in [0.25, 0.3) is 0 Å². The Balaban J connectivity index is 2.01. The van der Waals surface area contributed by atoms with Crippen LogP contribution < -0.4 is 0 Å². The standard InChI is InChI=1S/C21H19BrO2/c1-3-14-7-9-15(10-8-14)11-16-5-4-6-17-12-19(21(23)24-2)20(22)13-18(16)17/h4-10,12-13H,3,11H2,1-2H3. The molecule has 0 aromatic heterocycles. The highest BCUT2D eigenvalue weighted by atomic mass is 79.9. The van der Waals surface area contributed by atoms with E-state index in [-0.39, 0.29) is 5.97 Å². The Morgan fingerprint density at radius 1 is 1.04 bits per heavy atom. The number of hydrogen-bond acceptors (Lipinski definition) is 2. The van der Waals surface area contributed by atoms with Crippen molar-refractivity contribution in [1.82, 2.24) is 0 Å². The smallest absolute Gasteiger partial charge is 0.339 e. The molecule has 0 atom stereocenters. The molecule has 3 rings (SSSR count). The number of methoxy groups -OCH3 is 1. The van der Waals surface area contributed by atoms with Crippen LogP contribution in [0.5, 0.6) is 0 Å². The SMILES string of the molecule is CCc1ccc(Cc2cccc3cc(C(=O)OC)c(Br)cc23)cc1. The lowest BCUT2D eigenvalue weighted by molar-refractivity contribution is 0.0600. The lowest BCUT2D eigenvalue weighted by Gasteiger charge is -2.10. The van der Waals surface area contributed by atoms with Crippen LogP contribution in [0.4, 0.5) is 0 Å². The van der Waals surface area contributed by atoms with E-state index in [1.807, 2.05) is 24.3 Å². The van der Waals surface area contributed by atoms with Gasteiger partial charge in [0, 0.05) is 4.47 Å². The van der Waals surface area contributed by atoms with Gasteiger partial charge in [-0.1, -0.05) is 49.4 Å². The van der Waals surface area contributed by atoms with Crippen molar-refractivity contribution in [2.24, 2.45) is 0 Å². The molecule has 0 aliphatic carbocycles. The van der Waals surface area contributed by atoms with E-state index >= 15 is 0 Å². The van der Waals surface area contributed by atoms with Crippen molar-refractivity contribution in [3.63, 3.8) is 0 Å². The first-order valence-corrected chi connectivity index (χ1v) is 8.79. The normalized spacial score (nSPS) is 10.8. The molecule has 0 fully saturated rings. The third kappa shape index (κ3) is 3.36. The molecular formula is C21H19BrO2. The first-order chi connectivity index (χ1) is 11.6. The third-order valence-corrected chi connectivity index (χ3v) is 4.95. The zero-order valence-corrected chi connectivity index (χ0v) is 15.4. The fourth-order valence-electron chi connectivity index (χ4n) is 2.90. The molecule has 0 aliphatic rings. The van der Waals surface area contributed by atoms with Crippen LogP contribution in [0.1, 0.15) is 34.0 Å². The van der Waals surface area contributed by atoms with Crippen LogP contribution in [0.25, 0.3) is 10.8 Å². The fourth-order valence-corrected chi connectivity index (χ4v) is 3.40. The van der Waals surface area contributed by atoms with Crippen molar-refractivity contribution in [2.45, 2.75) is 19.8 Å². The highest BCUT2D eigenvalue weighted by Crippen LogP contribution is 2.28. The van der Waals surface area contributed by atoms with Gasteiger partial charge in [0.05, 0.1) is 12.7 Å². The largest absolute Gasteiger partial charge is 0.465 e. The third-order valence-electron chi connectivity index (χ3n) is 4.29. The van der Waals surface area contributed by atoms with E-state index < -0.39 is 0 Å². The Kier molecular flexibility index (Phi) is 5.00. The summed E-state index contributed by atoms with van der Waals surface area (Å²) >= 11 is 3.50. The molecule has 0 aliphatic heterocycles. The number of ether oxygens (including phenoxy) is 1. The van der Waals surface area contributed by atoms with E-state index in [1.165, 1.54) is 23.8 Å². The van der Waals surface area contributed by atoms with E-state index in [4.69, 9.17) is 4.74 Å². The molecule has 0 amide bonds. The molecule has 2 nitrogen and oxygen atoms in total. The number of fused-ring (bicyclic) bond motifs is 1. The van der Waals surface area contributed by atoms with Crippen LogP contribution in [0, 0.1) is 0 Å². The van der Waals surface area contributed by atoms with Crippen LogP contribution >= 0.6 is 15.9 Å². The van der Waals surface area contributed by atoms with Gasteiger partial charge < -0.3 is 4.74 Å². The van der Waals surface area contributed by atoms with Gasteiger partial charge in [-0.25, -0.2) is 4.79 Å². The zero-order valence-electron chi connectivity index (χ0n) is 13.8. The average Bonchev–Trinajstić information content (AvgIpc) is 2.62. The lowest BCUT2D eigenvalue weighted by atomic mass is 9.96. The minimum Gasteiger partial charge on any atom is -0.465 e. The second-order valence-electron chi connectivity index (χ2n) is 5.81. The van der Waals surface area contributed by atoms with Gasteiger partial charge in [-0.2, -0.15) is 0 Å². The Morgan fingerprint density at radius 3 is 2.42 bits per heavy atom. The number of benzene rings is 3. The Hall–Kier alpha value is -2.13. The molecule has 122 valence electrons. The second kappa shape index (κ2) is 7.18. The number of aryl methyl sites for hydroxylation is 1. The molecule has 3 aromatic rings. The lowest BCUT2D eigenvalue weighted by Crippen LogP contribution is -2.02. The molecule has 3 heteroatoms. The maximum Gasteiger partial charge on any atom is 0.339 e. The summed E-state index contributed by atoms with van der Waals surface area (Å²) < 4.78 is 5.60. The van der Waals surface area contributed by atoms with Crippen LogP contribution in [-0.2, 0) is 17.6 Å². The van der Waals surface area contributed by atoms with Crippen molar-refractivity contribution in [3.8, 4) is 0 Å². The van der Waals surface area contributed by atoms with E-state index in [2.05, 4.69) is 53.2 Å².